The third-order valence-electron chi connectivity index (χ3n) is 5.69. The van der Waals surface area contributed by atoms with Gasteiger partial charge in [0.1, 0.15) is 10.8 Å². The third-order valence-corrected chi connectivity index (χ3v) is 6.83. The van der Waals surface area contributed by atoms with Gasteiger partial charge in [-0.25, -0.2) is 9.37 Å². The van der Waals surface area contributed by atoms with E-state index < -0.39 is 0 Å². The maximum Gasteiger partial charge on any atom is 0.227 e. The van der Waals surface area contributed by atoms with Crippen molar-refractivity contribution in [2.45, 2.75) is 38.6 Å². The van der Waals surface area contributed by atoms with Gasteiger partial charge in [-0.15, -0.1) is 11.3 Å². The normalized spacial score (nSPS) is 17.2. The van der Waals surface area contributed by atoms with E-state index in [9.17, 15) is 4.39 Å². The number of nitrogens with zero attached hydrogens (tertiary/aromatic N) is 4. The second kappa shape index (κ2) is 8.24. The molecule has 2 aromatic heterocycles. The minimum absolute atomic E-state index is 0.256. The van der Waals surface area contributed by atoms with Crippen molar-refractivity contribution in [3.8, 4) is 11.4 Å². The first-order valence-electron chi connectivity index (χ1n) is 10.4. The molecule has 1 unspecified atom stereocenters. The van der Waals surface area contributed by atoms with Crippen molar-refractivity contribution in [1.29, 1.82) is 0 Å². The van der Waals surface area contributed by atoms with Gasteiger partial charge >= 0.3 is 0 Å². The molecule has 7 heteroatoms. The van der Waals surface area contributed by atoms with Crippen LogP contribution in [0.25, 0.3) is 21.6 Å². The van der Waals surface area contributed by atoms with Crippen molar-refractivity contribution < 1.29 is 8.91 Å². The number of halogens is 1. The molecular formula is C23H23FN4OS. The molecule has 0 amide bonds. The largest absolute Gasteiger partial charge is 0.339 e. The van der Waals surface area contributed by atoms with E-state index in [4.69, 9.17) is 9.51 Å². The van der Waals surface area contributed by atoms with Crippen molar-refractivity contribution in [3.05, 3.63) is 64.7 Å². The summed E-state index contributed by atoms with van der Waals surface area (Å²) < 4.78 is 20.4. The van der Waals surface area contributed by atoms with Crippen LogP contribution < -0.4 is 0 Å². The van der Waals surface area contributed by atoms with Crippen molar-refractivity contribution >= 4 is 21.6 Å². The molecule has 1 atom stereocenters. The first-order valence-corrected chi connectivity index (χ1v) is 11.2. The Morgan fingerprint density at radius 2 is 2.10 bits per heavy atom. The molecule has 0 spiro atoms. The van der Waals surface area contributed by atoms with E-state index in [2.05, 4.69) is 33.2 Å². The Balaban J connectivity index is 1.21. The van der Waals surface area contributed by atoms with Crippen LogP contribution in [0.2, 0.25) is 0 Å². The Labute approximate surface area is 178 Å². The number of aromatic nitrogens is 3. The van der Waals surface area contributed by atoms with Crippen LogP contribution in [0, 0.1) is 12.7 Å². The minimum atomic E-state index is -0.256. The highest BCUT2D eigenvalue weighted by molar-refractivity contribution is 7.18. The van der Waals surface area contributed by atoms with Gasteiger partial charge in [-0.3, -0.25) is 4.90 Å². The van der Waals surface area contributed by atoms with Crippen LogP contribution in [0.4, 0.5) is 4.39 Å². The molecule has 30 heavy (non-hydrogen) atoms. The van der Waals surface area contributed by atoms with Crippen LogP contribution in [0.15, 0.2) is 47.0 Å². The van der Waals surface area contributed by atoms with Crippen molar-refractivity contribution in [1.82, 2.24) is 20.0 Å². The molecule has 0 N–H and O–H groups in total. The Bertz CT molecular complexity index is 1140. The molecule has 0 aliphatic carbocycles. The van der Waals surface area contributed by atoms with Crippen LogP contribution >= 0.6 is 11.3 Å². The van der Waals surface area contributed by atoms with Crippen molar-refractivity contribution in [2.75, 3.05) is 13.1 Å². The topological polar surface area (TPSA) is 55.1 Å². The van der Waals surface area contributed by atoms with Gasteiger partial charge in [0.2, 0.25) is 11.7 Å². The smallest absolute Gasteiger partial charge is 0.227 e. The van der Waals surface area contributed by atoms with E-state index in [1.807, 2.05) is 12.1 Å². The van der Waals surface area contributed by atoms with Gasteiger partial charge < -0.3 is 4.52 Å². The van der Waals surface area contributed by atoms with Gasteiger partial charge in [0.05, 0.1) is 16.3 Å². The molecule has 0 radical (unpaired) electrons. The van der Waals surface area contributed by atoms with E-state index >= 15 is 0 Å². The maximum absolute atomic E-state index is 13.8. The van der Waals surface area contributed by atoms with Gasteiger partial charge in [-0.2, -0.15) is 4.98 Å². The Hall–Kier alpha value is -2.64. The summed E-state index contributed by atoms with van der Waals surface area (Å²) in [5, 5.41) is 5.24. The van der Waals surface area contributed by atoms with Crippen LogP contribution in [-0.4, -0.2) is 33.1 Å². The Kier molecular flexibility index (Phi) is 5.31. The predicted molar refractivity (Wildman–Crippen MR) is 116 cm³/mol. The molecule has 3 heterocycles. The highest BCUT2D eigenvalue weighted by atomic mass is 32.1. The first-order chi connectivity index (χ1) is 14.7. The van der Waals surface area contributed by atoms with Gasteiger partial charge in [0.25, 0.3) is 0 Å². The maximum atomic E-state index is 13.8. The summed E-state index contributed by atoms with van der Waals surface area (Å²) in [6.07, 6.45) is 4.00. The number of fused-ring (bicyclic) bond motifs is 1. The zero-order valence-corrected chi connectivity index (χ0v) is 17.7. The summed E-state index contributed by atoms with van der Waals surface area (Å²) >= 11 is 1.81. The van der Waals surface area contributed by atoms with E-state index in [0.717, 1.165) is 31.4 Å². The van der Waals surface area contributed by atoms with Crippen molar-refractivity contribution in [2.24, 2.45) is 0 Å². The Morgan fingerprint density at radius 1 is 1.20 bits per heavy atom. The number of thiazole rings is 1. The van der Waals surface area contributed by atoms with Gasteiger partial charge in [-0.1, -0.05) is 29.4 Å². The molecule has 4 aromatic rings. The summed E-state index contributed by atoms with van der Waals surface area (Å²) in [5.74, 6) is 0.785. The highest BCUT2D eigenvalue weighted by Gasteiger charge is 2.28. The summed E-state index contributed by atoms with van der Waals surface area (Å²) in [6.45, 7) is 3.80. The average Bonchev–Trinajstić information content (AvgIpc) is 3.48. The second-order valence-electron chi connectivity index (χ2n) is 7.79. The number of aryl methyl sites for hydroxylation is 2. The van der Waals surface area contributed by atoms with Crippen LogP contribution in [0.1, 0.15) is 41.8 Å². The number of benzene rings is 2. The molecule has 5 nitrogen and oxygen atoms in total. The van der Waals surface area contributed by atoms with Crippen LogP contribution in [0.5, 0.6) is 0 Å². The summed E-state index contributed by atoms with van der Waals surface area (Å²) in [5.41, 5.74) is 2.34. The monoisotopic (exact) mass is 422 g/mol. The fourth-order valence-electron chi connectivity index (χ4n) is 4.04. The van der Waals surface area contributed by atoms with E-state index in [0.29, 0.717) is 35.3 Å². The first kappa shape index (κ1) is 19.3. The zero-order valence-electron chi connectivity index (χ0n) is 16.8. The number of para-hydroxylation sites is 1. The molecule has 5 rings (SSSR count). The summed E-state index contributed by atoms with van der Waals surface area (Å²) in [7, 11) is 0. The number of hydrogen-bond donors (Lipinski definition) is 0. The van der Waals surface area contributed by atoms with Gasteiger partial charge in [0, 0.05) is 12.0 Å². The zero-order chi connectivity index (χ0) is 20.5. The van der Waals surface area contributed by atoms with Gasteiger partial charge in [0.15, 0.2) is 0 Å². The standard InChI is InChI=1S/C23H23FN4OS/c1-15-10-11-16(14-17(15)24)22-26-21(29-27-22)9-5-13-28-12-4-7-19(28)23-25-18-6-2-3-8-20(18)30-23/h2-3,6,8,10-11,14,19H,4-5,7,9,12-13H2,1H3. The molecule has 0 bridgehead atoms. The highest BCUT2D eigenvalue weighted by Crippen LogP contribution is 2.36. The molecule has 1 fully saturated rings. The fourth-order valence-corrected chi connectivity index (χ4v) is 5.18. The molecule has 1 aliphatic heterocycles. The quantitative estimate of drug-likeness (QED) is 0.407. The minimum Gasteiger partial charge on any atom is -0.339 e. The fraction of sp³-hybridized carbons (Fsp3) is 0.348. The van der Waals surface area contributed by atoms with E-state index in [-0.39, 0.29) is 5.82 Å². The van der Waals surface area contributed by atoms with E-state index in [1.54, 1.807) is 24.3 Å². The third kappa shape index (κ3) is 3.87. The lowest BCUT2D eigenvalue weighted by molar-refractivity contribution is 0.249. The number of rotatable bonds is 6. The SMILES string of the molecule is Cc1ccc(-c2noc(CCCN3CCCC3c3nc4ccccc4s3)n2)cc1F. The number of hydrogen-bond acceptors (Lipinski definition) is 6. The lowest BCUT2D eigenvalue weighted by atomic mass is 10.1. The van der Waals surface area contributed by atoms with Crippen LogP contribution in [0.3, 0.4) is 0 Å². The average molecular weight is 423 g/mol. The van der Waals surface area contributed by atoms with Crippen LogP contribution in [-0.2, 0) is 6.42 Å². The summed E-state index contributed by atoms with van der Waals surface area (Å²) in [6, 6.07) is 13.7. The number of likely N-dealkylation sites (tertiary alicyclic amines) is 1. The lowest BCUT2D eigenvalue weighted by Crippen LogP contribution is -2.24. The molecule has 1 aliphatic rings. The Morgan fingerprint density at radius 3 is 2.97 bits per heavy atom. The van der Waals surface area contributed by atoms with Gasteiger partial charge in [-0.05, 0) is 63.0 Å². The van der Waals surface area contributed by atoms with E-state index in [1.165, 1.54) is 22.2 Å². The van der Waals surface area contributed by atoms with Crippen molar-refractivity contribution in [3.63, 3.8) is 0 Å². The molecule has 2 aromatic carbocycles. The molecule has 154 valence electrons. The lowest BCUT2D eigenvalue weighted by Gasteiger charge is -2.22. The molecule has 0 saturated carbocycles. The second-order valence-corrected chi connectivity index (χ2v) is 8.86. The summed E-state index contributed by atoms with van der Waals surface area (Å²) in [4.78, 5) is 11.8. The molecular weight excluding hydrogens is 399 g/mol. The predicted octanol–water partition coefficient (Wildman–Crippen LogP) is 5.56. The molecule has 1 saturated heterocycles.